The highest BCUT2D eigenvalue weighted by molar-refractivity contribution is 7.89. The van der Waals surface area contributed by atoms with Crippen LogP contribution in [0.1, 0.15) is 22.7 Å². The first-order chi connectivity index (χ1) is 12.3. The van der Waals surface area contributed by atoms with Crippen LogP contribution in [0.15, 0.2) is 47.6 Å². The van der Waals surface area contributed by atoms with Crippen LogP contribution in [-0.2, 0) is 16.2 Å². The van der Waals surface area contributed by atoms with E-state index in [4.69, 9.17) is 5.26 Å². The Hall–Kier alpha value is -2.65. The highest BCUT2D eigenvalue weighted by Gasteiger charge is 2.44. The zero-order chi connectivity index (χ0) is 20.5. The van der Waals surface area contributed by atoms with Gasteiger partial charge in [0.15, 0.2) is 0 Å². The molecule has 0 aliphatic heterocycles. The zero-order valence-corrected chi connectivity index (χ0v) is 13.8. The highest BCUT2D eigenvalue weighted by Crippen LogP contribution is 2.36. The molecule has 1 heterocycles. The monoisotopic (exact) mass is 409 g/mol. The molecule has 0 fully saturated rings. The number of rotatable bonds is 4. The van der Waals surface area contributed by atoms with Gasteiger partial charge in [0.25, 0.3) is 0 Å². The summed E-state index contributed by atoms with van der Waals surface area (Å²) in [7, 11) is -4.77. The zero-order valence-electron chi connectivity index (χ0n) is 13.0. The van der Waals surface area contributed by atoms with E-state index in [0.717, 1.165) is 18.5 Å². The number of alkyl halides is 6. The van der Waals surface area contributed by atoms with Gasteiger partial charge in [-0.2, -0.15) is 36.3 Å². The molecule has 2 rings (SSSR count). The Morgan fingerprint density at radius 1 is 1.04 bits per heavy atom. The standard InChI is InChI=1S/C15H9F6N3O2S/c16-14(17,18)11-3-1-10(2-4-11)13(15(19,20)21)24-27(25,26)12-5-9(6-22)7-23-8-12/h1-5,7-8,13,24H. The number of aromatic nitrogens is 1. The lowest BCUT2D eigenvalue weighted by Gasteiger charge is -2.22. The molecule has 0 aliphatic carbocycles. The molecule has 27 heavy (non-hydrogen) atoms. The lowest BCUT2D eigenvalue weighted by atomic mass is 10.1. The van der Waals surface area contributed by atoms with E-state index in [0.29, 0.717) is 24.3 Å². The lowest BCUT2D eigenvalue weighted by Crippen LogP contribution is -2.38. The van der Waals surface area contributed by atoms with Crippen molar-refractivity contribution in [2.75, 3.05) is 0 Å². The summed E-state index contributed by atoms with van der Waals surface area (Å²) in [6.45, 7) is 0. The Bertz CT molecular complexity index is 963. The highest BCUT2D eigenvalue weighted by atomic mass is 32.2. The maximum absolute atomic E-state index is 13.3. The largest absolute Gasteiger partial charge is 0.416 e. The molecule has 0 saturated heterocycles. The van der Waals surface area contributed by atoms with Crippen molar-refractivity contribution >= 4 is 10.0 Å². The third kappa shape index (κ3) is 4.95. The quantitative estimate of drug-likeness (QED) is 0.783. The minimum Gasteiger partial charge on any atom is -0.262 e. The van der Waals surface area contributed by atoms with E-state index in [2.05, 4.69) is 4.98 Å². The predicted molar refractivity (Wildman–Crippen MR) is 79.5 cm³/mol. The van der Waals surface area contributed by atoms with Crippen molar-refractivity contribution in [3.63, 3.8) is 0 Å². The molecule has 1 N–H and O–H groups in total. The summed E-state index contributed by atoms with van der Waals surface area (Å²) in [6.07, 6.45) is -8.14. The average molecular weight is 409 g/mol. The number of pyridine rings is 1. The van der Waals surface area contributed by atoms with Gasteiger partial charge in [-0.05, 0) is 23.8 Å². The average Bonchev–Trinajstić information content (AvgIpc) is 2.58. The smallest absolute Gasteiger partial charge is 0.262 e. The van der Waals surface area contributed by atoms with E-state index in [1.807, 2.05) is 0 Å². The molecule has 0 aliphatic rings. The second-order valence-electron chi connectivity index (χ2n) is 5.24. The van der Waals surface area contributed by atoms with Gasteiger partial charge in [-0.15, -0.1) is 0 Å². The number of halogens is 6. The third-order valence-electron chi connectivity index (χ3n) is 3.32. The van der Waals surface area contributed by atoms with Crippen LogP contribution in [0.2, 0.25) is 0 Å². The Balaban J connectivity index is 2.42. The maximum Gasteiger partial charge on any atom is 0.416 e. The Morgan fingerprint density at radius 2 is 1.63 bits per heavy atom. The van der Waals surface area contributed by atoms with Gasteiger partial charge in [0.2, 0.25) is 10.0 Å². The first kappa shape index (κ1) is 20.7. The molecule has 0 spiro atoms. The molecule has 1 unspecified atom stereocenters. The molecule has 0 amide bonds. The number of hydrogen-bond acceptors (Lipinski definition) is 4. The fourth-order valence-electron chi connectivity index (χ4n) is 2.04. The minimum absolute atomic E-state index is 0.198. The van der Waals surface area contributed by atoms with Crippen molar-refractivity contribution in [1.29, 1.82) is 5.26 Å². The molecule has 0 saturated carbocycles. The van der Waals surface area contributed by atoms with E-state index in [-0.39, 0.29) is 5.56 Å². The first-order valence-electron chi connectivity index (χ1n) is 6.96. The number of sulfonamides is 1. The molecular weight excluding hydrogens is 400 g/mol. The van der Waals surface area contributed by atoms with Gasteiger partial charge in [0.1, 0.15) is 17.0 Å². The summed E-state index contributed by atoms with van der Waals surface area (Å²) < 4.78 is 103. The summed E-state index contributed by atoms with van der Waals surface area (Å²) in [5, 5.41) is 8.73. The van der Waals surface area contributed by atoms with Crippen LogP contribution in [0.25, 0.3) is 0 Å². The van der Waals surface area contributed by atoms with Crippen molar-refractivity contribution in [3.8, 4) is 6.07 Å². The van der Waals surface area contributed by atoms with Gasteiger partial charge >= 0.3 is 12.4 Å². The second kappa shape index (κ2) is 7.16. The molecule has 144 valence electrons. The van der Waals surface area contributed by atoms with E-state index in [9.17, 15) is 34.8 Å². The number of nitrogens with one attached hydrogen (secondary N) is 1. The summed E-state index contributed by atoms with van der Waals surface area (Å²) >= 11 is 0. The molecule has 1 aromatic carbocycles. The molecule has 1 atom stereocenters. The fraction of sp³-hybridized carbons (Fsp3) is 0.200. The molecule has 5 nitrogen and oxygen atoms in total. The predicted octanol–water partition coefficient (Wildman–Crippen LogP) is 3.55. The summed E-state index contributed by atoms with van der Waals surface area (Å²) in [6, 6.07) is 1.51. The number of nitrogens with zero attached hydrogens (tertiary/aromatic N) is 2. The van der Waals surface area contributed by atoms with Gasteiger partial charge < -0.3 is 0 Å². The van der Waals surface area contributed by atoms with Gasteiger partial charge in [0, 0.05) is 12.4 Å². The fourth-order valence-corrected chi connectivity index (χ4v) is 3.24. The van der Waals surface area contributed by atoms with E-state index >= 15 is 0 Å². The normalized spacial score (nSPS) is 13.8. The van der Waals surface area contributed by atoms with Gasteiger partial charge in [-0.25, -0.2) is 8.42 Å². The summed E-state index contributed by atoms with van der Waals surface area (Å²) in [4.78, 5) is 2.76. The third-order valence-corrected chi connectivity index (χ3v) is 4.71. The van der Waals surface area contributed by atoms with Gasteiger partial charge in [0.05, 0.1) is 11.1 Å². The Morgan fingerprint density at radius 3 is 2.11 bits per heavy atom. The lowest BCUT2D eigenvalue weighted by molar-refractivity contribution is -0.153. The van der Waals surface area contributed by atoms with Crippen LogP contribution < -0.4 is 4.72 Å². The molecule has 1 aromatic heterocycles. The van der Waals surface area contributed by atoms with E-state index in [1.165, 1.54) is 4.72 Å². The molecule has 2 aromatic rings. The van der Waals surface area contributed by atoms with E-state index < -0.39 is 44.4 Å². The Labute approximate surface area is 149 Å². The molecule has 0 radical (unpaired) electrons. The van der Waals surface area contributed by atoms with Crippen LogP contribution in [0.3, 0.4) is 0 Å². The topological polar surface area (TPSA) is 82.8 Å². The van der Waals surface area contributed by atoms with Crippen molar-refractivity contribution in [3.05, 3.63) is 59.4 Å². The van der Waals surface area contributed by atoms with Crippen LogP contribution in [0.4, 0.5) is 26.3 Å². The minimum atomic E-state index is -5.13. The van der Waals surface area contributed by atoms with Crippen LogP contribution in [0, 0.1) is 11.3 Å². The summed E-state index contributed by atoms with van der Waals surface area (Å²) in [5.74, 6) is 0. The molecular formula is C15H9F6N3O2S. The number of nitriles is 1. The van der Waals surface area contributed by atoms with Crippen molar-refractivity contribution in [1.82, 2.24) is 9.71 Å². The maximum atomic E-state index is 13.3. The van der Waals surface area contributed by atoms with Crippen LogP contribution in [-0.4, -0.2) is 19.6 Å². The van der Waals surface area contributed by atoms with Gasteiger partial charge in [-0.3, -0.25) is 4.98 Å². The Kier molecular flexibility index (Phi) is 5.48. The molecule has 12 heteroatoms. The van der Waals surface area contributed by atoms with E-state index in [1.54, 1.807) is 6.07 Å². The van der Waals surface area contributed by atoms with Crippen molar-refractivity contribution < 1.29 is 34.8 Å². The van der Waals surface area contributed by atoms with Crippen molar-refractivity contribution in [2.45, 2.75) is 23.3 Å². The number of benzene rings is 1. The number of hydrogen-bond donors (Lipinski definition) is 1. The SMILES string of the molecule is N#Cc1cncc(S(=O)(=O)NC(c2ccc(C(F)(F)F)cc2)C(F)(F)F)c1. The van der Waals surface area contributed by atoms with Crippen LogP contribution >= 0.6 is 0 Å². The molecule has 0 bridgehead atoms. The van der Waals surface area contributed by atoms with Gasteiger partial charge in [-0.1, -0.05) is 12.1 Å². The first-order valence-corrected chi connectivity index (χ1v) is 8.44. The van der Waals surface area contributed by atoms with Crippen molar-refractivity contribution in [2.24, 2.45) is 0 Å². The second-order valence-corrected chi connectivity index (χ2v) is 6.95. The van der Waals surface area contributed by atoms with Crippen LogP contribution in [0.5, 0.6) is 0 Å². The summed E-state index contributed by atoms with van der Waals surface area (Å²) in [5.41, 5.74) is -2.11.